The van der Waals surface area contributed by atoms with Crippen LogP contribution in [0.5, 0.6) is 11.5 Å². The topological polar surface area (TPSA) is 81.8 Å². The number of methoxy groups -OCH3 is 2. The molecule has 9 heteroatoms. The van der Waals surface area contributed by atoms with Crippen molar-refractivity contribution in [3.05, 3.63) is 107 Å². The maximum Gasteiger partial charge on any atom is 0.263 e. The summed E-state index contributed by atoms with van der Waals surface area (Å²) in [6.07, 6.45) is 2.28. The Bertz CT molecular complexity index is 1720. The SMILES string of the molecule is COc1ccc(C2CC(c3ccc(Br)cc3)=NN2C(=O)Cn2c(-c3ccccn3)nc3ccccc32)cc1OC. The van der Waals surface area contributed by atoms with Gasteiger partial charge in [0.1, 0.15) is 12.2 Å². The molecule has 200 valence electrons. The van der Waals surface area contributed by atoms with E-state index in [-0.39, 0.29) is 18.5 Å². The Morgan fingerprint density at radius 2 is 1.73 bits per heavy atom. The van der Waals surface area contributed by atoms with E-state index in [2.05, 4.69) is 20.9 Å². The average molecular weight is 596 g/mol. The Hall–Kier alpha value is -4.50. The van der Waals surface area contributed by atoms with Crippen LogP contribution < -0.4 is 9.47 Å². The molecule has 3 heterocycles. The highest BCUT2D eigenvalue weighted by Gasteiger charge is 2.34. The zero-order valence-corrected chi connectivity index (χ0v) is 23.6. The van der Waals surface area contributed by atoms with Gasteiger partial charge in [-0.1, -0.05) is 52.3 Å². The van der Waals surface area contributed by atoms with Crippen LogP contribution in [-0.2, 0) is 11.3 Å². The number of aromatic nitrogens is 3. The molecular formula is C31H26BrN5O3. The second-order valence-electron chi connectivity index (χ2n) is 9.35. The summed E-state index contributed by atoms with van der Waals surface area (Å²) in [5.41, 5.74) is 5.06. The highest BCUT2D eigenvalue weighted by Crippen LogP contribution is 2.38. The molecule has 3 aromatic carbocycles. The van der Waals surface area contributed by atoms with Crippen LogP contribution in [0.25, 0.3) is 22.6 Å². The van der Waals surface area contributed by atoms with E-state index < -0.39 is 0 Å². The van der Waals surface area contributed by atoms with Gasteiger partial charge in [-0.3, -0.25) is 9.78 Å². The predicted molar refractivity (Wildman–Crippen MR) is 157 cm³/mol. The molecule has 40 heavy (non-hydrogen) atoms. The third kappa shape index (κ3) is 4.84. The van der Waals surface area contributed by atoms with Crippen LogP contribution in [0.3, 0.4) is 0 Å². The van der Waals surface area contributed by atoms with E-state index >= 15 is 0 Å². The van der Waals surface area contributed by atoms with E-state index in [0.29, 0.717) is 29.4 Å². The molecule has 0 radical (unpaired) electrons. The molecule has 8 nitrogen and oxygen atoms in total. The van der Waals surface area contributed by atoms with E-state index in [1.165, 1.54) is 0 Å². The van der Waals surface area contributed by atoms with Crippen molar-refractivity contribution >= 4 is 38.6 Å². The Morgan fingerprint density at radius 1 is 0.950 bits per heavy atom. The molecule has 0 aliphatic carbocycles. The van der Waals surface area contributed by atoms with Crippen molar-refractivity contribution in [1.82, 2.24) is 19.5 Å². The number of hydrogen-bond acceptors (Lipinski definition) is 6. The van der Waals surface area contributed by atoms with Crippen molar-refractivity contribution in [2.45, 2.75) is 19.0 Å². The number of halogens is 1. The lowest BCUT2D eigenvalue weighted by Crippen LogP contribution is -2.30. The van der Waals surface area contributed by atoms with Gasteiger partial charge in [0, 0.05) is 17.1 Å². The number of hydrogen-bond donors (Lipinski definition) is 0. The Labute approximate surface area is 240 Å². The first-order valence-electron chi connectivity index (χ1n) is 12.8. The zero-order valence-electron chi connectivity index (χ0n) is 22.0. The summed E-state index contributed by atoms with van der Waals surface area (Å²) in [6.45, 7) is 0.0489. The highest BCUT2D eigenvalue weighted by molar-refractivity contribution is 9.10. The largest absolute Gasteiger partial charge is 0.493 e. The maximum absolute atomic E-state index is 14.1. The molecule has 0 fully saturated rings. The standard InChI is InChI=1S/C31H26BrN5O3/c1-39-28-15-12-21(17-29(28)40-2)27-18-25(20-10-13-22(32)14-11-20)35-37(27)30(38)19-36-26-9-4-3-7-23(26)34-31(36)24-8-5-6-16-33-24/h3-17,27H,18-19H2,1-2H3. The van der Waals surface area contributed by atoms with Gasteiger partial charge in [0.2, 0.25) is 0 Å². The quantitative estimate of drug-likeness (QED) is 0.222. The average Bonchev–Trinajstić information content (AvgIpc) is 3.60. The monoisotopic (exact) mass is 595 g/mol. The number of imidazole rings is 1. The zero-order chi connectivity index (χ0) is 27.6. The maximum atomic E-state index is 14.1. The van der Waals surface area contributed by atoms with E-state index in [0.717, 1.165) is 32.3 Å². The van der Waals surface area contributed by atoms with Crippen molar-refractivity contribution < 1.29 is 14.3 Å². The second-order valence-corrected chi connectivity index (χ2v) is 10.3. The Morgan fingerprint density at radius 3 is 2.48 bits per heavy atom. The summed E-state index contributed by atoms with van der Waals surface area (Å²) in [5.74, 6) is 1.70. The van der Waals surface area contributed by atoms with Gasteiger partial charge in [0.15, 0.2) is 17.3 Å². The molecule has 2 aromatic heterocycles. The van der Waals surface area contributed by atoms with Crippen molar-refractivity contribution in [1.29, 1.82) is 0 Å². The van der Waals surface area contributed by atoms with Gasteiger partial charge in [-0.25, -0.2) is 9.99 Å². The molecule has 6 rings (SSSR count). The number of nitrogens with zero attached hydrogens (tertiary/aromatic N) is 5. The van der Waals surface area contributed by atoms with Gasteiger partial charge >= 0.3 is 0 Å². The first kappa shape index (κ1) is 25.8. The fourth-order valence-electron chi connectivity index (χ4n) is 5.01. The summed E-state index contributed by atoms with van der Waals surface area (Å²) in [6, 6.07) is 26.8. The van der Waals surface area contributed by atoms with Crippen LogP contribution in [0.2, 0.25) is 0 Å². The van der Waals surface area contributed by atoms with Gasteiger partial charge in [-0.15, -0.1) is 0 Å². The number of pyridine rings is 1. The summed E-state index contributed by atoms with van der Waals surface area (Å²) in [5, 5.41) is 6.46. The molecular weight excluding hydrogens is 570 g/mol. The minimum Gasteiger partial charge on any atom is -0.493 e. The molecule has 1 atom stereocenters. The fourth-order valence-corrected chi connectivity index (χ4v) is 5.27. The van der Waals surface area contributed by atoms with E-state index in [1.54, 1.807) is 25.4 Å². The third-order valence-corrected chi connectivity index (χ3v) is 7.51. The molecule has 1 aliphatic rings. The fraction of sp³-hybridized carbons (Fsp3) is 0.161. The highest BCUT2D eigenvalue weighted by atomic mass is 79.9. The molecule has 0 spiro atoms. The summed E-state index contributed by atoms with van der Waals surface area (Å²) >= 11 is 3.50. The summed E-state index contributed by atoms with van der Waals surface area (Å²) < 4.78 is 13.9. The number of amides is 1. The molecule has 0 bridgehead atoms. The van der Waals surface area contributed by atoms with Gasteiger partial charge in [-0.05, 0) is 59.7 Å². The minimum atomic E-state index is -0.320. The van der Waals surface area contributed by atoms with Crippen molar-refractivity contribution in [2.75, 3.05) is 14.2 Å². The van der Waals surface area contributed by atoms with Crippen LogP contribution in [0.15, 0.2) is 101 Å². The predicted octanol–water partition coefficient (Wildman–Crippen LogP) is 6.26. The number of ether oxygens (including phenoxy) is 2. The number of benzene rings is 3. The van der Waals surface area contributed by atoms with Crippen LogP contribution in [0.1, 0.15) is 23.6 Å². The van der Waals surface area contributed by atoms with E-state index in [9.17, 15) is 4.79 Å². The smallest absolute Gasteiger partial charge is 0.263 e. The van der Waals surface area contributed by atoms with E-state index in [4.69, 9.17) is 19.6 Å². The van der Waals surface area contributed by atoms with Gasteiger partial charge < -0.3 is 14.0 Å². The molecule has 0 saturated heterocycles. The molecule has 0 N–H and O–H groups in total. The van der Waals surface area contributed by atoms with Crippen LogP contribution in [0, 0.1) is 0 Å². The van der Waals surface area contributed by atoms with Crippen LogP contribution >= 0.6 is 15.9 Å². The minimum absolute atomic E-state index is 0.0489. The Balaban J connectivity index is 1.41. The third-order valence-electron chi connectivity index (χ3n) is 6.98. The number of hydrazone groups is 1. The number of para-hydroxylation sites is 2. The normalized spacial score (nSPS) is 14.8. The summed E-state index contributed by atoms with van der Waals surface area (Å²) in [4.78, 5) is 23.4. The van der Waals surface area contributed by atoms with Crippen LogP contribution in [0.4, 0.5) is 0 Å². The molecule has 0 saturated carbocycles. The second kappa shape index (κ2) is 10.9. The molecule has 1 amide bonds. The summed E-state index contributed by atoms with van der Waals surface area (Å²) in [7, 11) is 3.21. The number of rotatable bonds is 7. The van der Waals surface area contributed by atoms with Gasteiger partial charge in [-0.2, -0.15) is 5.10 Å². The lowest BCUT2D eigenvalue weighted by Gasteiger charge is -2.23. The first-order valence-corrected chi connectivity index (χ1v) is 13.6. The molecule has 1 unspecified atom stereocenters. The number of fused-ring (bicyclic) bond motifs is 1. The van der Waals surface area contributed by atoms with E-state index in [1.807, 2.05) is 89.5 Å². The Kier molecular flexibility index (Phi) is 7.04. The molecule has 5 aromatic rings. The van der Waals surface area contributed by atoms with Crippen LogP contribution in [-0.4, -0.2) is 45.4 Å². The van der Waals surface area contributed by atoms with Crippen molar-refractivity contribution in [3.63, 3.8) is 0 Å². The first-order chi connectivity index (χ1) is 19.6. The van der Waals surface area contributed by atoms with Crippen molar-refractivity contribution in [3.8, 4) is 23.0 Å². The van der Waals surface area contributed by atoms with Crippen molar-refractivity contribution in [2.24, 2.45) is 5.10 Å². The van der Waals surface area contributed by atoms with Gasteiger partial charge in [0.05, 0.1) is 37.0 Å². The lowest BCUT2D eigenvalue weighted by molar-refractivity contribution is -0.133. The number of carbonyl (C=O) groups is 1. The molecule has 1 aliphatic heterocycles. The lowest BCUT2D eigenvalue weighted by atomic mass is 9.98. The number of carbonyl (C=O) groups excluding carboxylic acids is 1. The van der Waals surface area contributed by atoms with Gasteiger partial charge in [0.25, 0.3) is 5.91 Å².